The minimum absolute atomic E-state index is 0.0614. The Hall–Kier alpha value is -1.10. The topological polar surface area (TPSA) is 49.8 Å². The molecule has 0 bridgehead atoms. The zero-order valence-corrected chi connectivity index (χ0v) is 9.94. The fraction of sp³-hybridized carbons (Fsp3) is 0.364. The van der Waals surface area contributed by atoms with E-state index in [1.807, 2.05) is 0 Å². The molecule has 0 saturated heterocycles. The summed E-state index contributed by atoms with van der Waals surface area (Å²) in [6.45, 7) is 0. The quantitative estimate of drug-likeness (QED) is 0.821. The Labute approximate surface area is 99.3 Å². The number of hydrogen-bond donors (Lipinski definition) is 1. The summed E-state index contributed by atoms with van der Waals surface area (Å²) in [6, 6.07) is 6.88. The lowest BCUT2D eigenvalue weighted by atomic mass is 10.1. The minimum atomic E-state index is -0.918. The maximum atomic E-state index is 11.5. The highest BCUT2D eigenvalue weighted by Gasteiger charge is 2.17. The molecule has 0 aliphatic carbocycles. The molecule has 1 aromatic carbocycles. The maximum absolute atomic E-state index is 11.5. The molecule has 1 N–H and O–H groups in total. The van der Waals surface area contributed by atoms with Crippen LogP contribution in [0.5, 0.6) is 0 Å². The van der Waals surface area contributed by atoms with Crippen LogP contribution >= 0.6 is 11.6 Å². The molecule has 0 radical (unpaired) electrons. The molecule has 16 heavy (non-hydrogen) atoms. The van der Waals surface area contributed by atoms with Crippen LogP contribution in [0.15, 0.2) is 24.3 Å². The van der Waals surface area contributed by atoms with Crippen molar-refractivity contribution in [1.82, 2.24) is 5.06 Å². The van der Waals surface area contributed by atoms with Crippen molar-refractivity contribution < 1.29 is 14.7 Å². The van der Waals surface area contributed by atoms with E-state index in [9.17, 15) is 9.90 Å². The zero-order chi connectivity index (χ0) is 12.1. The van der Waals surface area contributed by atoms with Gasteiger partial charge < -0.3 is 5.11 Å². The molecule has 0 spiro atoms. The zero-order valence-electron chi connectivity index (χ0n) is 9.18. The fourth-order valence-electron chi connectivity index (χ4n) is 1.25. The van der Waals surface area contributed by atoms with Gasteiger partial charge in [0.15, 0.2) is 0 Å². The summed E-state index contributed by atoms with van der Waals surface area (Å²) in [5, 5.41) is 11.3. The number of aliphatic hydroxyl groups excluding tert-OH is 1. The predicted octanol–water partition coefficient (Wildman–Crippen LogP) is 1.78. The Balaban J connectivity index is 2.69. The largest absolute Gasteiger partial charge is 0.388 e. The normalized spacial score (nSPS) is 12.2. The Morgan fingerprint density at radius 2 is 2.19 bits per heavy atom. The first-order valence-electron chi connectivity index (χ1n) is 4.79. The lowest BCUT2D eigenvalue weighted by Gasteiger charge is -2.17. The monoisotopic (exact) mass is 243 g/mol. The first-order chi connectivity index (χ1) is 7.56. The Kier molecular flexibility index (Phi) is 4.73. The Morgan fingerprint density at radius 3 is 2.75 bits per heavy atom. The van der Waals surface area contributed by atoms with Gasteiger partial charge in [0.05, 0.1) is 19.6 Å². The molecule has 0 saturated carbocycles. The molecule has 0 aliphatic rings. The second-order valence-electron chi connectivity index (χ2n) is 3.32. The van der Waals surface area contributed by atoms with Gasteiger partial charge in [-0.1, -0.05) is 29.8 Å². The van der Waals surface area contributed by atoms with Crippen molar-refractivity contribution in [2.45, 2.75) is 12.5 Å². The van der Waals surface area contributed by atoms with E-state index in [1.165, 1.54) is 14.2 Å². The molecule has 1 unspecified atom stereocenters. The number of nitrogens with zero attached hydrogens (tertiary/aromatic N) is 1. The molecule has 0 aliphatic heterocycles. The van der Waals surface area contributed by atoms with Gasteiger partial charge in [0.2, 0.25) is 5.91 Å². The third-order valence-corrected chi connectivity index (χ3v) is 2.60. The molecule has 0 fully saturated rings. The molecule has 1 amide bonds. The van der Waals surface area contributed by atoms with E-state index in [1.54, 1.807) is 24.3 Å². The number of carbonyl (C=O) groups is 1. The molecule has 1 rings (SSSR count). The summed E-state index contributed by atoms with van der Waals surface area (Å²) in [6.07, 6.45) is -0.979. The number of rotatable bonds is 4. The highest BCUT2D eigenvalue weighted by Crippen LogP contribution is 2.25. The first kappa shape index (κ1) is 13.0. The lowest BCUT2D eigenvalue weighted by Crippen LogP contribution is -2.26. The number of carbonyl (C=O) groups excluding carboxylic acids is 1. The third-order valence-electron chi connectivity index (χ3n) is 2.26. The summed E-state index contributed by atoms with van der Waals surface area (Å²) in [5.74, 6) is -0.310. The van der Waals surface area contributed by atoms with Crippen molar-refractivity contribution in [3.63, 3.8) is 0 Å². The van der Waals surface area contributed by atoms with Crippen LogP contribution in [0.3, 0.4) is 0 Å². The van der Waals surface area contributed by atoms with E-state index in [4.69, 9.17) is 16.4 Å². The van der Waals surface area contributed by atoms with Crippen molar-refractivity contribution in [3.8, 4) is 0 Å². The molecular formula is C11H14ClNO3. The van der Waals surface area contributed by atoms with Gasteiger partial charge in [-0.3, -0.25) is 9.63 Å². The second kappa shape index (κ2) is 5.84. The van der Waals surface area contributed by atoms with Crippen molar-refractivity contribution in [2.75, 3.05) is 14.2 Å². The highest BCUT2D eigenvalue weighted by molar-refractivity contribution is 6.31. The van der Waals surface area contributed by atoms with Crippen LogP contribution in [0.4, 0.5) is 0 Å². The van der Waals surface area contributed by atoms with Crippen LogP contribution in [0.25, 0.3) is 0 Å². The number of benzene rings is 1. The highest BCUT2D eigenvalue weighted by atomic mass is 35.5. The van der Waals surface area contributed by atoms with Gasteiger partial charge in [-0.2, -0.15) is 0 Å². The van der Waals surface area contributed by atoms with Gasteiger partial charge in [-0.15, -0.1) is 0 Å². The van der Waals surface area contributed by atoms with Crippen molar-refractivity contribution in [2.24, 2.45) is 0 Å². The fourth-order valence-corrected chi connectivity index (χ4v) is 1.51. The van der Waals surface area contributed by atoms with E-state index in [2.05, 4.69) is 0 Å². The second-order valence-corrected chi connectivity index (χ2v) is 3.72. The van der Waals surface area contributed by atoms with Gasteiger partial charge >= 0.3 is 0 Å². The Bertz CT molecular complexity index is 370. The molecule has 0 heterocycles. The molecule has 0 aromatic heterocycles. The number of amides is 1. The van der Waals surface area contributed by atoms with Gasteiger partial charge in [-0.05, 0) is 11.6 Å². The van der Waals surface area contributed by atoms with Gasteiger partial charge in [0.25, 0.3) is 0 Å². The number of hydrogen-bond acceptors (Lipinski definition) is 3. The van der Waals surface area contributed by atoms with Gasteiger partial charge in [-0.25, -0.2) is 5.06 Å². The molecule has 1 aromatic rings. The average molecular weight is 244 g/mol. The molecular weight excluding hydrogens is 230 g/mol. The van der Waals surface area contributed by atoms with Crippen LogP contribution < -0.4 is 0 Å². The van der Waals surface area contributed by atoms with Crippen molar-refractivity contribution in [3.05, 3.63) is 34.9 Å². The smallest absolute Gasteiger partial charge is 0.248 e. The molecule has 5 heteroatoms. The van der Waals surface area contributed by atoms with E-state index in [-0.39, 0.29) is 12.3 Å². The van der Waals surface area contributed by atoms with Crippen molar-refractivity contribution in [1.29, 1.82) is 0 Å². The summed E-state index contributed by atoms with van der Waals surface area (Å²) in [5.41, 5.74) is 0.544. The number of aliphatic hydroxyl groups is 1. The van der Waals surface area contributed by atoms with Crippen LogP contribution in [0, 0.1) is 0 Å². The van der Waals surface area contributed by atoms with Crippen LogP contribution in [0.1, 0.15) is 18.1 Å². The summed E-state index contributed by atoms with van der Waals surface area (Å²) in [7, 11) is 2.88. The average Bonchev–Trinajstić information content (AvgIpc) is 2.28. The van der Waals surface area contributed by atoms with E-state index < -0.39 is 6.10 Å². The third kappa shape index (κ3) is 3.20. The predicted molar refractivity (Wildman–Crippen MR) is 60.8 cm³/mol. The molecule has 88 valence electrons. The van der Waals surface area contributed by atoms with Crippen LogP contribution in [0.2, 0.25) is 5.02 Å². The summed E-state index contributed by atoms with van der Waals surface area (Å²) in [4.78, 5) is 16.2. The van der Waals surface area contributed by atoms with Gasteiger partial charge in [0, 0.05) is 12.1 Å². The SMILES string of the molecule is CON(C)C(=O)CC(O)c1ccccc1Cl. The first-order valence-corrected chi connectivity index (χ1v) is 5.17. The van der Waals surface area contributed by atoms with E-state index >= 15 is 0 Å². The Morgan fingerprint density at radius 1 is 1.56 bits per heavy atom. The van der Waals surface area contributed by atoms with E-state index in [0.717, 1.165) is 5.06 Å². The summed E-state index contributed by atoms with van der Waals surface area (Å²) >= 11 is 5.90. The standard InChI is InChI=1S/C11H14ClNO3/c1-13(16-2)11(15)7-10(14)8-5-3-4-6-9(8)12/h3-6,10,14H,7H2,1-2H3. The number of halogens is 1. The lowest BCUT2D eigenvalue weighted by molar-refractivity contribution is -0.170. The maximum Gasteiger partial charge on any atom is 0.248 e. The van der Waals surface area contributed by atoms with Gasteiger partial charge in [0.1, 0.15) is 0 Å². The molecule has 1 atom stereocenters. The van der Waals surface area contributed by atoms with Crippen molar-refractivity contribution >= 4 is 17.5 Å². The van der Waals surface area contributed by atoms with E-state index in [0.29, 0.717) is 10.6 Å². The summed E-state index contributed by atoms with van der Waals surface area (Å²) < 4.78 is 0. The number of hydroxylamine groups is 2. The minimum Gasteiger partial charge on any atom is -0.388 e. The van der Waals surface area contributed by atoms with Crippen LogP contribution in [-0.4, -0.2) is 30.2 Å². The molecule has 4 nitrogen and oxygen atoms in total. The van der Waals surface area contributed by atoms with Crippen LogP contribution in [-0.2, 0) is 9.63 Å².